The number of amides is 1. The number of methoxy groups -OCH3 is 1. The van der Waals surface area contributed by atoms with Gasteiger partial charge in [0, 0.05) is 7.11 Å². The van der Waals surface area contributed by atoms with Gasteiger partial charge in [0.05, 0.1) is 24.8 Å². The van der Waals surface area contributed by atoms with E-state index in [0.717, 1.165) is 16.7 Å². The third-order valence-corrected chi connectivity index (χ3v) is 4.61. The molecule has 2 unspecified atom stereocenters. The summed E-state index contributed by atoms with van der Waals surface area (Å²) in [5.74, 6) is -1.17. The van der Waals surface area contributed by atoms with Gasteiger partial charge < -0.3 is 19.9 Å². The number of carboxylic acid groups (broad SMARTS) is 1. The van der Waals surface area contributed by atoms with Gasteiger partial charge in [0.1, 0.15) is 6.10 Å². The average molecular weight is 399 g/mol. The molecule has 0 fully saturated rings. The van der Waals surface area contributed by atoms with E-state index in [1.165, 1.54) is 12.1 Å². The lowest BCUT2D eigenvalue weighted by Crippen LogP contribution is -2.40. The van der Waals surface area contributed by atoms with Crippen molar-refractivity contribution in [3.05, 3.63) is 70.8 Å². The fourth-order valence-corrected chi connectivity index (χ4v) is 3.03. The lowest BCUT2D eigenvalue weighted by molar-refractivity contribution is -0.137. The van der Waals surface area contributed by atoms with Crippen LogP contribution in [0.3, 0.4) is 0 Å². The van der Waals surface area contributed by atoms with Gasteiger partial charge in [0.15, 0.2) is 0 Å². The van der Waals surface area contributed by atoms with Crippen molar-refractivity contribution in [1.82, 2.24) is 5.32 Å². The summed E-state index contributed by atoms with van der Waals surface area (Å²) in [5, 5.41) is 12.0. The third kappa shape index (κ3) is 6.69. The smallest absolute Gasteiger partial charge is 0.335 e. The third-order valence-electron chi connectivity index (χ3n) is 4.61. The molecule has 2 atom stereocenters. The van der Waals surface area contributed by atoms with Crippen LogP contribution < -0.4 is 5.32 Å². The maximum Gasteiger partial charge on any atom is 0.335 e. The Hall–Kier alpha value is -2.70. The molecule has 2 aromatic carbocycles. The van der Waals surface area contributed by atoms with Crippen molar-refractivity contribution in [2.75, 3.05) is 7.11 Å². The van der Waals surface area contributed by atoms with Crippen molar-refractivity contribution in [3.63, 3.8) is 0 Å². The summed E-state index contributed by atoms with van der Waals surface area (Å²) in [6, 6.07) is 14.1. The Kier molecular flexibility index (Phi) is 8.36. The quantitative estimate of drug-likeness (QED) is 0.632. The molecule has 2 aromatic rings. The highest BCUT2D eigenvalue weighted by atomic mass is 16.5. The highest BCUT2D eigenvalue weighted by Crippen LogP contribution is 2.17. The SMILES string of the molecule is COCc1cccc(COC(C(=O)NC(C)c2ccc(C(=O)O)cc2)C(C)C)c1. The molecule has 2 N–H and O–H groups in total. The molecule has 6 heteroatoms. The van der Waals surface area contributed by atoms with E-state index in [-0.39, 0.29) is 23.4 Å². The van der Waals surface area contributed by atoms with E-state index >= 15 is 0 Å². The number of rotatable bonds is 10. The summed E-state index contributed by atoms with van der Waals surface area (Å²) in [6.07, 6.45) is -0.596. The Bertz CT molecular complexity index is 816. The summed E-state index contributed by atoms with van der Waals surface area (Å²) >= 11 is 0. The van der Waals surface area contributed by atoms with Gasteiger partial charge in [0.2, 0.25) is 5.91 Å². The van der Waals surface area contributed by atoms with Crippen LogP contribution in [0.5, 0.6) is 0 Å². The number of carboxylic acids is 1. The number of benzene rings is 2. The monoisotopic (exact) mass is 399 g/mol. The van der Waals surface area contributed by atoms with Crippen molar-refractivity contribution >= 4 is 11.9 Å². The van der Waals surface area contributed by atoms with Crippen LogP contribution in [-0.2, 0) is 27.5 Å². The van der Waals surface area contributed by atoms with Gasteiger partial charge in [-0.3, -0.25) is 4.79 Å². The molecule has 0 aliphatic heterocycles. The molecule has 156 valence electrons. The van der Waals surface area contributed by atoms with Crippen molar-refractivity contribution in [3.8, 4) is 0 Å². The molecule has 0 aliphatic rings. The number of carbonyl (C=O) groups excluding carboxylic acids is 1. The summed E-state index contributed by atoms with van der Waals surface area (Å²) in [7, 11) is 1.65. The van der Waals surface area contributed by atoms with Gasteiger partial charge in [-0.2, -0.15) is 0 Å². The Labute approximate surface area is 171 Å². The van der Waals surface area contributed by atoms with Gasteiger partial charge >= 0.3 is 5.97 Å². The fourth-order valence-electron chi connectivity index (χ4n) is 3.03. The summed E-state index contributed by atoms with van der Waals surface area (Å²) in [4.78, 5) is 23.8. The Morgan fingerprint density at radius 3 is 2.17 bits per heavy atom. The van der Waals surface area contributed by atoms with Gasteiger partial charge in [0.25, 0.3) is 0 Å². The Morgan fingerprint density at radius 1 is 1.00 bits per heavy atom. The van der Waals surface area contributed by atoms with Crippen LogP contribution in [0.25, 0.3) is 0 Å². The minimum atomic E-state index is -0.976. The Morgan fingerprint density at radius 2 is 1.62 bits per heavy atom. The minimum Gasteiger partial charge on any atom is -0.478 e. The molecule has 0 saturated carbocycles. The van der Waals surface area contributed by atoms with E-state index in [1.807, 2.05) is 45.0 Å². The lowest BCUT2D eigenvalue weighted by Gasteiger charge is -2.24. The predicted molar refractivity (Wildman–Crippen MR) is 111 cm³/mol. The summed E-state index contributed by atoms with van der Waals surface area (Å²) < 4.78 is 11.1. The first kappa shape index (κ1) is 22.6. The van der Waals surface area contributed by atoms with E-state index in [4.69, 9.17) is 14.6 Å². The molecule has 29 heavy (non-hydrogen) atoms. The highest BCUT2D eigenvalue weighted by Gasteiger charge is 2.24. The molecule has 0 bridgehead atoms. The molecule has 2 rings (SSSR count). The van der Waals surface area contributed by atoms with Gasteiger partial charge in [-0.05, 0) is 41.7 Å². The van der Waals surface area contributed by atoms with Crippen molar-refractivity contribution in [2.24, 2.45) is 5.92 Å². The van der Waals surface area contributed by atoms with Crippen LogP contribution >= 0.6 is 0 Å². The van der Waals surface area contributed by atoms with Crippen LogP contribution in [0.2, 0.25) is 0 Å². The van der Waals surface area contributed by atoms with Crippen LogP contribution in [0, 0.1) is 5.92 Å². The largest absolute Gasteiger partial charge is 0.478 e. The number of aromatic carboxylic acids is 1. The molecule has 0 aromatic heterocycles. The lowest BCUT2D eigenvalue weighted by atomic mass is 10.0. The fraction of sp³-hybridized carbons (Fsp3) is 0.391. The van der Waals surface area contributed by atoms with E-state index < -0.39 is 12.1 Å². The van der Waals surface area contributed by atoms with E-state index in [9.17, 15) is 9.59 Å². The van der Waals surface area contributed by atoms with Gasteiger partial charge in [-0.15, -0.1) is 0 Å². The number of hydrogen-bond acceptors (Lipinski definition) is 4. The van der Waals surface area contributed by atoms with Gasteiger partial charge in [-0.1, -0.05) is 50.2 Å². The van der Waals surface area contributed by atoms with Crippen molar-refractivity contribution in [2.45, 2.75) is 46.1 Å². The van der Waals surface area contributed by atoms with Crippen LogP contribution in [0.15, 0.2) is 48.5 Å². The highest BCUT2D eigenvalue weighted by molar-refractivity contribution is 5.87. The molecule has 0 spiro atoms. The normalized spacial score (nSPS) is 13.1. The second kappa shape index (κ2) is 10.7. The predicted octanol–water partition coefficient (Wildman–Crippen LogP) is 3.95. The van der Waals surface area contributed by atoms with Crippen LogP contribution in [0.4, 0.5) is 0 Å². The zero-order valence-corrected chi connectivity index (χ0v) is 17.3. The van der Waals surface area contributed by atoms with E-state index in [1.54, 1.807) is 19.2 Å². The number of carbonyl (C=O) groups is 2. The number of ether oxygens (including phenoxy) is 2. The summed E-state index contributed by atoms with van der Waals surface area (Å²) in [5.41, 5.74) is 3.08. The maximum absolute atomic E-state index is 12.8. The maximum atomic E-state index is 12.8. The molecule has 0 radical (unpaired) electrons. The zero-order valence-electron chi connectivity index (χ0n) is 17.3. The molecule has 0 aliphatic carbocycles. The molecule has 0 saturated heterocycles. The average Bonchev–Trinajstić information content (AvgIpc) is 2.68. The topological polar surface area (TPSA) is 84.9 Å². The van der Waals surface area contributed by atoms with Crippen LogP contribution in [0.1, 0.15) is 53.9 Å². The van der Waals surface area contributed by atoms with E-state index in [0.29, 0.717) is 13.2 Å². The number of nitrogens with one attached hydrogen (secondary N) is 1. The molecular weight excluding hydrogens is 370 g/mol. The van der Waals surface area contributed by atoms with Crippen LogP contribution in [-0.4, -0.2) is 30.2 Å². The van der Waals surface area contributed by atoms with Crippen molar-refractivity contribution in [1.29, 1.82) is 0 Å². The first-order valence-electron chi connectivity index (χ1n) is 9.63. The first-order chi connectivity index (χ1) is 13.8. The molecule has 6 nitrogen and oxygen atoms in total. The zero-order chi connectivity index (χ0) is 21.4. The minimum absolute atomic E-state index is 0.00116. The molecule has 0 heterocycles. The molecular formula is C23H29NO5. The second-order valence-corrected chi connectivity index (χ2v) is 7.39. The first-order valence-corrected chi connectivity index (χ1v) is 9.63. The van der Waals surface area contributed by atoms with Gasteiger partial charge in [-0.25, -0.2) is 4.79 Å². The van der Waals surface area contributed by atoms with E-state index in [2.05, 4.69) is 5.32 Å². The Balaban J connectivity index is 1.99. The second-order valence-electron chi connectivity index (χ2n) is 7.39. The molecule has 1 amide bonds. The number of hydrogen-bond donors (Lipinski definition) is 2. The standard InChI is InChI=1S/C23H29NO5/c1-15(2)21(29-14-18-7-5-6-17(12-18)13-28-4)22(25)24-16(3)19-8-10-20(11-9-19)23(26)27/h5-12,15-16,21H,13-14H2,1-4H3,(H,24,25)(H,26,27). The van der Waals surface area contributed by atoms with Crippen molar-refractivity contribution < 1.29 is 24.2 Å². The summed E-state index contributed by atoms with van der Waals surface area (Å²) in [6.45, 7) is 6.60.